The standard InChI is InChI=1S/C27H32N4O3/c1-19-6-4-5-7-25(19)30-10-12-31(13-11-30)26-9-8-21(16-24(26)28)27(32)29-18-20-14-22(33-2)17-23(15-20)34-3/h4-9,14-17H,10-13,18,28H2,1-3H3,(H,29,32). The van der Waals surface area contributed by atoms with E-state index in [0.717, 1.165) is 37.4 Å². The molecule has 3 N–H and O–H groups in total. The van der Waals surface area contributed by atoms with Crippen molar-refractivity contribution in [1.29, 1.82) is 0 Å². The summed E-state index contributed by atoms with van der Waals surface area (Å²) in [5, 5.41) is 2.95. The first-order chi connectivity index (χ1) is 16.5. The van der Waals surface area contributed by atoms with Gasteiger partial charge in [-0.3, -0.25) is 4.79 Å². The predicted molar refractivity (Wildman–Crippen MR) is 137 cm³/mol. The van der Waals surface area contributed by atoms with Crippen LogP contribution >= 0.6 is 0 Å². The Morgan fingerprint density at radius 2 is 1.50 bits per heavy atom. The van der Waals surface area contributed by atoms with Gasteiger partial charge in [-0.25, -0.2) is 0 Å². The van der Waals surface area contributed by atoms with Gasteiger partial charge in [-0.05, 0) is 54.4 Å². The lowest BCUT2D eigenvalue weighted by Crippen LogP contribution is -2.47. The number of amides is 1. The van der Waals surface area contributed by atoms with E-state index in [9.17, 15) is 4.79 Å². The SMILES string of the molecule is COc1cc(CNC(=O)c2ccc(N3CCN(c4ccccc4C)CC3)c(N)c2)cc(OC)c1. The van der Waals surface area contributed by atoms with Crippen LogP contribution in [0.4, 0.5) is 17.1 Å². The van der Waals surface area contributed by atoms with Gasteiger partial charge >= 0.3 is 0 Å². The number of ether oxygens (including phenoxy) is 2. The highest BCUT2D eigenvalue weighted by Gasteiger charge is 2.20. The van der Waals surface area contributed by atoms with E-state index in [1.807, 2.05) is 24.3 Å². The van der Waals surface area contributed by atoms with Crippen LogP contribution in [0, 0.1) is 6.92 Å². The molecule has 1 aliphatic heterocycles. The second kappa shape index (κ2) is 10.4. The van der Waals surface area contributed by atoms with Crippen LogP contribution in [-0.2, 0) is 6.54 Å². The maximum Gasteiger partial charge on any atom is 0.251 e. The minimum atomic E-state index is -0.176. The van der Waals surface area contributed by atoms with E-state index in [2.05, 4.69) is 46.3 Å². The molecule has 3 aromatic rings. The van der Waals surface area contributed by atoms with Gasteiger partial charge in [0.15, 0.2) is 0 Å². The van der Waals surface area contributed by atoms with E-state index < -0.39 is 0 Å². The molecule has 7 heteroatoms. The molecule has 1 amide bonds. The number of methoxy groups -OCH3 is 2. The fourth-order valence-corrected chi connectivity index (χ4v) is 4.34. The summed E-state index contributed by atoms with van der Waals surface area (Å²) in [5.74, 6) is 1.18. The van der Waals surface area contributed by atoms with Crippen molar-refractivity contribution in [2.45, 2.75) is 13.5 Å². The molecule has 3 aromatic carbocycles. The van der Waals surface area contributed by atoms with Crippen molar-refractivity contribution in [1.82, 2.24) is 5.32 Å². The second-order valence-corrected chi connectivity index (χ2v) is 8.44. The van der Waals surface area contributed by atoms with Gasteiger partial charge in [-0.15, -0.1) is 0 Å². The molecule has 1 heterocycles. The summed E-state index contributed by atoms with van der Waals surface area (Å²) in [5.41, 5.74) is 12.0. The number of rotatable bonds is 7. The number of carbonyl (C=O) groups is 1. The minimum Gasteiger partial charge on any atom is -0.497 e. The van der Waals surface area contributed by atoms with Crippen LogP contribution in [0.2, 0.25) is 0 Å². The van der Waals surface area contributed by atoms with Crippen LogP contribution in [0.25, 0.3) is 0 Å². The molecular weight excluding hydrogens is 428 g/mol. The Hall–Kier alpha value is -3.87. The summed E-state index contributed by atoms with van der Waals surface area (Å²) in [7, 11) is 3.20. The number of nitrogens with two attached hydrogens (primary N) is 1. The Balaban J connectivity index is 1.38. The number of nitrogens with one attached hydrogen (secondary N) is 1. The Labute approximate surface area is 201 Å². The molecule has 1 fully saturated rings. The molecule has 0 atom stereocenters. The summed E-state index contributed by atoms with van der Waals surface area (Å²) >= 11 is 0. The number of nitrogen functional groups attached to an aromatic ring is 1. The molecule has 0 aromatic heterocycles. The van der Waals surface area contributed by atoms with Crippen LogP contribution in [0.1, 0.15) is 21.5 Å². The van der Waals surface area contributed by atoms with E-state index in [-0.39, 0.29) is 5.91 Å². The number of carbonyl (C=O) groups excluding carboxylic acids is 1. The van der Waals surface area contributed by atoms with Crippen LogP contribution in [0.15, 0.2) is 60.7 Å². The Morgan fingerprint density at radius 1 is 0.882 bits per heavy atom. The lowest BCUT2D eigenvalue weighted by molar-refractivity contribution is 0.0951. The monoisotopic (exact) mass is 460 g/mol. The summed E-state index contributed by atoms with van der Waals surface area (Å²) in [4.78, 5) is 17.4. The number of para-hydroxylation sites is 1. The number of hydrogen-bond donors (Lipinski definition) is 2. The highest BCUT2D eigenvalue weighted by Crippen LogP contribution is 2.28. The molecule has 0 unspecified atom stereocenters. The van der Waals surface area contributed by atoms with Crippen LogP contribution in [0.5, 0.6) is 11.5 Å². The number of piperazine rings is 1. The third-order valence-electron chi connectivity index (χ3n) is 6.23. The second-order valence-electron chi connectivity index (χ2n) is 8.44. The van der Waals surface area contributed by atoms with Gasteiger partial charge in [0.2, 0.25) is 0 Å². The van der Waals surface area contributed by atoms with Crippen molar-refractivity contribution in [3.8, 4) is 11.5 Å². The molecule has 1 saturated heterocycles. The molecule has 7 nitrogen and oxygen atoms in total. The molecular formula is C27H32N4O3. The maximum absolute atomic E-state index is 12.7. The van der Waals surface area contributed by atoms with Crippen LogP contribution in [-0.4, -0.2) is 46.3 Å². The number of nitrogens with zero attached hydrogens (tertiary/aromatic N) is 2. The van der Waals surface area contributed by atoms with Crippen molar-refractivity contribution in [3.63, 3.8) is 0 Å². The van der Waals surface area contributed by atoms with E-state index in [0.29, 0.717) is 29.3 Å². The lowest BCUT2D eigenvalue weighted by atomic mass is 10.1. The van der Waals surface area contributed by atoms with Gasteiger partial charge in [-0.2, -0.15) is 0 Å². The molecule has 0 aliphatic carbocycles. The first-order valence-electron chi connectivity index (χ1n) is 11.4. The van der Waals surface area contributed by atoms with E-state index in [4.69, 9.17) is 15.2 Å². The van der Waals surface area contributed by atoms with Gasteiger partial charge < -0.3 is 30.3 Å². The molecule has 0 bridgehead atoms. The van der Waals surface area contributed by atoms with Crippen molar-refractivity contribution < 1.29 is 14.3 Å². The number of hydrogen-bond acceptors (Lipinski definition) is 6. The van der Waals surface area contributed by atoms with Crippen molar-refractivity contribution in [3.05, 3.63) is 77.4 Å². The minimum absolute atomic E-state index is 0.176. The third kappa shape index (κ3) is 5.20. The Kier molecular flexibility index (Phi) is 7.11. The Bertz CT molecular complexity index is 1130. The zero-order valence-electron chi connectivity index (χ0n) is 20.0. The third-order valence-corrected chi connectivity index (χ3v) is 6.23. The highest BCUT2D eigenvalue weighted by molar-refractivity contribution is 5.96. The largest absolute Gasteiger partial charge is 0.497 e. The van der Waals surface area contributed by atoms with Gasteiger partial charge in [0, 0.05) is 50.0 Å². The number of benzene rings is 3. The van der Waals surface area contributed by atoms with Gasteiger partial charge in [0.1, 0.15) is 11.5 Å². The normalized spacial score (nSPS) is 13.5. The van der Waals surface area contributed by atoms with E-state index >= 15 is 0 Å². The average Bonchev–Trinajstić information content (AvgIpc) is 2.87. The molecule has 0 saturated carbocycles. The first kappa shape index (κ1) is 23.3. The highest BCUT2D eigenvalue weighted by atomic mass is 16.5. The average molecular weight is 461 g/mol. The maximum atomic E-state index is 12.7. The van der Waals surface area contributed by atoms with Gasteiger partial charge in [0.25, 0.3) is 5.91 Å². The molecule has 4 rings (SSSR count). The van der Waals surface area contributed by atoms with Crippen molar-refractivity contribution >= 4 is 23.0 Å². The summed E-state index contributed by atoms with van der Waals surface area (Å²) < 4.78 is 10.6. The molecule has 0 spiro atoms. The van der Waals surface area contributed by atoms with Gasteiger partial charge in [-0.1, -0.05) is 18.2 Å². The number of aryl methyl sites for hydroxylation is 1. The molecule has 178 valence electrons. The predicted octanol–water partition coefficient (Wildman–Crippen LogP) is 3.85. The van der Waals surface area contributed by atoms with Crippen LogP contribution < -0.4 is 30.3 Å². The fraction of sp³-hybridized carbons (Fsp3) is 0.296. The van der Waals surface area contributed by atoms with Crippen molar-refractivity contribution in [2.75, 3.05) is 55.9 Å². The zero-order valence-corrected chi connectivity index (χ0v) is 20.0. The Morgan fingerprint density at radius 3 is 2.09 bits per heavy atom. The summed E-state index contributed by atoms with van der Waals surface area (Å²) in [6.07, 6.45) is 0. The molecule has 1 aliphatic rings. The first-order valence-corrected chi connectivity index (χ1v) is 11.4. The smallest absolute Gasteiger partial charge is 0.251 e. The lowest BCUT2D eigenvalue weighted by Gasteiger charge is -2.38. The fourth-order valence-electron chi connectivity index (χ4n) is 4.34. The zero-order chi connectivity index (χ0) is 24.1. The topological polar surface area (TPSA) is 80.1 Å². The number of anilines is 3. The van der Waals surface area contributed by atoms with Crippen LogP contribution in [0.3, 0.4) is 0 Å². The molecule has 0 radical (unpaired) electrons. The quantitative estimate of drug-likeness (QED) is 0.522. The van der Waals surface area contributed by atoms with Crippen molar-refractivity contribution in [2.24, 2.45) is 0 Å². The summed E-state index contributed by atoms with van der Waals surface area (Å²) in [6, 6.07) is 19.6. The molecule has 34 heavy (non-hydrogen) atoms. The van der Waals surface area contributed by atoms with E-state index in [1.165, 1.54) is 11.3 Å². The summed E-state index contributed by atoms with van der Waals surface area (Å²) in [6.45, 7) is 6.11. The van der Waals surface area contributed by atoms with Gasteiger partial charge in [0.05, 0.1) is 25.6 Å². The van der Waals surface area contributed by atoms with E-state index in [1.54, 1.807) is 26.4 Å².